The monoisotopic (exact) mass is 262 g/mol. The van der Waals surface area contributed by atoms with E-state index in [1.807, 2.05) is 18.7 Å². The summed E-state index contributed by atoms with van der Waals surface area (Å²) in [6.07, 6.45) is 0. The molecule has 19 heavy (non-hydrogen) atoms. The Labute approximate surface area is 111 Å². The Morgan fingerprint density at radius 1 is 1.42 bits per heavy atom. The summed E-state index contributed by atoms with van der Waals surface area (Å²) >= 11 is 0. The minimum Gasteiger partial charge on any atom is -0.397 e. The van der Waals surface area contributed by atoms with Gasteiger partial charge in [0, 0.05) is 18.7 Å². The third kappa shape index (κ3) is 2.21. The lowest BCUT2D eigenvalue weighted by Crippen LogP contribution is -2.62. The number of nitrogen functional groups attached to an aromatic ring is 1. The molecule has 2 rings (SSSR count). The van der Waals surface area contributed by atoms with Crippen LogP contribution in [0.4, 0.5) is 11.4 Å². The van der Waals surface area contributed by atoms with Crippen molar-refractivity contribution in [2.75, 3.05) is 23.7 Å². The Morgan fingerprint density at radius 2 is 2.11 bits per heavy atom. The van der Waals surface area contributed by atoms with Crippen LogP contribution in [-0.2, 0) is 4.79 Å². The van der Waals surface area contributed by atoms with Crippen molar-refractivity contribution in [2.45, 2.75) is 19.4 Å². The van der Waals surface area contributed by atoms with E-state index in [0.29, 0.717) is 30.0 Å². The third-order valence-electron chi connectivity index (χ3n) is 3.46. The van der Waals surface area contributed by atoms with Gasteiger partial charge < -0.3 is 21.7 Å². The number of piperazine rings is 1. The van der Waals surface area contributed by atoms with E-state index in [4.69, 9.17) is 11.5 Å². The third-order valence-corrected chi connectivity index (χ3v) is 3.46. The minimum absolute atomic E-state index is 0.0670. The van der Waals surface area contributed by atoms with Gasteiger partial charge in [0.1, 0.15) is 5.54 Å². The molecule has 0 radical (unpaired) electrons. The molecule has 0 bridgehead atoms. The second-order valence-electron chi connectivity index (χ2n) is 5.10. The molecule has 1 aliphatic heterocycles. The molecule has 1 aliphatic rings. The second-order valence-corrected chi connectivity index (χ2v) is 5.10. The van der Waals surface area contributed by atoms with E-state index in [2.05, 4.69) is 5.32 Å². The van der Waals surface area contributed by atoms with Crippen LogP contribution in [0.5, 0.6) is 0 Å². The quantitative estimate of drug-likeness (QED) is 0.657. The number of nitrogens with two attached hydrogens (primary N) is 2. The topological polar surface area (TPSA) is 101 Å². The lowest BCUT2D eigenvalue weighted by molar-refractivity contribution is -0.126. The Morgan fingerprint density at radius 3 is 2.74 bits per heavy atom. The van der Waals surface area contributed by atoms with Gasteiger partial charge in [0.2, 0.25) is 11.8 Å². The van der Waals surface area contributed by atoms with Gasteiger partial charge in [-0.25, -0.2) is 0 Å². The summed E-state index contributed by atoms with van der Waals surface area (Å²) in [6.45, 7) is 4.81. The smallest absolute Gasteiger partial charge is 0.248 e. The molecule has 0 aliphatic carbocycles. The number of carbonyl (C=O) groups is 2. The summed E-state index contributed by atoms with van der Waals surface area (Å²) in [6, 6.07) is 4.86. The van der Waals surface area contributed by atoms with Gasteiger partial charge in [0.25, 0.3) is 0 Å². The molecule has 0 saturated carbocycles. The number of hydrogen-bond donors (Lipinski definition) is 3. The first kappa shape index (κ1) is 13.2. The Kier molecular flexibility index (Phi) is 3.09. The highest BCUT2D eigenvalue weighted by Crippen LogP contribution is 2.31. The van der Waals surface area contributed by atoms with Gasteiger partial charge in [-0.05, 0) is 32.0 Å². The van der Waals surface area contributed by atoms with E-state index in [9.17, 15) is 9.59 Å². The van der Waals surface area contributed by atoms with Gasteiger partial charge in [-0.2, -0.15) is 0 Å². The molecule has 1 aromatic carbocycles. The molecule has 0 atom stereocenters. The van der Waals surface area contributed by atoms with E-state index in [1.54, 1.807) is 18.2 Å². The Bertz CT molecular complexity index is 539. The second kappa shape index (κ2) is 4.46. The van der Waals surface area contributed by atoms with Crippen LogP contribution in [0.25, 0.3) is 0 Å². The molecular formula is C13H18N4O2. The Hall–Kier alpha value is -2.24. The van der Waals surface area contributed by atoms with Crippen molar-refractivity contribution in [3.8, 4) is 0 Å². The standard InChI is InChI=1S/C13H18N4O2/c1-13(2)12(19)16-5-6-17(13)10-7-8(11(15)18)3-4-9(10)14/h3-4,7H,5-6,14H2,1-2H3,(H2,15,18)(H,16,19). The molecular weight excluding hydrogens is 244 g/mol. The molecule has 1 saturated heterocycles. The SMILES string of the molecule is CC1(C)C(=O)NCCN1c1cc(C(N)=O)ccc1N. The summed E-state index contributed by atoms with van der Waals surface area (Å²) in [5, 5.41) is 2.82. The van der Waals surface area contributed by atoms with Crippen LogP contribution in [0, 0.1) is 0 Å². The fourth-order valence-corrected chi connectivity index (χ4v) is 2.25. The minimum atomic E-state index is -0.720. The zero-order chi connectivity index (χ0) is 14.2. The Balaban J connectivity index is 2.48. The van der Waals surface area contributed by atoms with Crippen molar-refractivity contribution in [1.29, 1.82) is 0 Å². The lowest BCUT2D eigenvalue weighted by atomic mass is 9.97. The number of benzene rings is 1. The highest BCUT2D eigenvalue weighted by molar-refractivity contribution is 5.96. The molecule has 0 spiro atoms. The van der Waals surface area contributed by atoms with Crippen molar-refractivity contribution < 1.29 is 9.59 Å². The summed E-state index contributed by atoms with van der Waals surface area (Å²) in [5.41, 5.74) is 12.1. The first-order valence-electron chi connectivity index (χ1n) is 6.09. The number of nitrogens with one attached hydrogen (secondary N) is 1. The van der Waals surface area contributed by atoms with Gasteiger partial charge in [0.05, 0.1) is 11.4 Å². The first-order chi connectivity index (χ1) is 8.84. The van der Waals surface area contributed by atoms with E-state index < -0.39 is 11.4 Å². The summed E-state index contributed by atoms with van der Waals surface area (Å²) in [7, 11) is 0. The van der Waals surface area contributed by atoms with Crippen LogP contribution in [0.15, 0.2) is 18.2 Å². The predicted molar refractivity (Wildman–Crippen MR) is 73.8 cm³/mol. The van der Waals surface area contributed by atoms with Crippen LogP contribution in [0.3, 0.4) is 0 Å². The van der Waals surface area contributed by atoms with E-state index in [1.165, 1.54) is 0 Å². The van der Waals surface area contributed by atoms with E-state index in [-0.39, 0.29) is 5.91 Å². The van der Waals surface area contributed by atoms with Crippen LogP contribution in [-0.4, -0.2) is 30.4 Å². The van der Waals surface area contributed by atoms with Crippen molar-refractivity contribution in [2.24, 2.45) is 5.73 Å². The lowest BCUT2D eigenvalue weighted by Gasteiger charge is -2.43. The molecule has 6 nitrogen and oxygen atoms in total. The van der Waals surface area contributed by atoms with Crippen LogP contribution >= 0.6 is 0 Å². The molecule has 1 fully saturated rings. The van der Waals surface area contributed by atoms with Crippen molar-refractivity contribution in [3.05, 3.63) is 23.8 Å². The van der Waals surface area contributed by atoms with Crippen LogP contribution < -0.4 is 21.7 Å². The fourth-order valence-electron chi connectivity index (χ4n) is 2.25. The van der Waals surface area contributed by atoms with E-state index in [0.717, 1.165) is 0 Å². The van der Waals surface area contributed by atoms with E-state index >= 15 is 0 Å². The average molecular weight is 262 g/mol. The molecule has 1 aromatic rings. The number of carbonyl (C=O) groups excluding carboxylic acids is 2. The largest absolute Gasteiger partial charge is 0.397 e. The maximum absolute atomic E-state index is 11.9. The zero-order valence-corrected chi connectivity index (χ0v) is 11.1. The van der Waals surface area contributed by atoms with Crippen molar-refractivity contribution in [3.63, 3.8) is 0 Å². The first-order valence-corrected chi connectivity index (χ1v) is 6.09. The normalized spacial score (nSPS) is 18.0. The summed E-state index contributed by atoms with van der Waals surface area (Å²) in [5.74, 6) is -0.580. The van der Waals surface area contributed by atoms with Crippen molar-refractivity contribution in [1.82, 2.24) is 5.32 Å². The number of amides is 2. The number of nitrogens with zero attached hydrogens (tertiary/aromatic N) is 1. The number of primary amides is 1. The number of rotatable bonds is 2. The number of anilines is 2. The molecule has 5 N–H and O–H groups in total. The average Bonchev–Trinajstić information content (AvgIpc) is 2.33. The van der Waals surface area contributed by atoms with Gasteiger partial charge in [-0.15, -0.1) is 0 Å². The molecule has 102 valence electrons. The predicted octanol–water partition coefficient (Wildman–Crippen LogP) is 0.0825. The molecule has 2 amide bonds. The summed E-state index contributed by atoms with van der Waals surface area (Å²) < 4.78 is 0. The van der Waals surface area contributed by atoms with Gasteiger partial charge in [-0.1, -0.05) is 0 Å². The fraction of sp³-hybridized carbons (Fsp3) is 0.385. The molecule has 0 aromatic heterocycles. The maximum Gasteiger partial charge on any atom is 0.248 e. The van der Waals surface area contributed by atoms with Gasteiger partial charge in [-0.3, -0.25) is 9.59 Å². The molecule has 1 heterocycles. The van der Waals surface area contributed by atoms with Gasteiger partial charge in [0.15, 0.2) is 0 Å². The molecule has 0 unspecified atom stereocenters. The van der Waals surface area contributed by atoms with Gasteiger partial charge >= 0.3 is 0 Å². The highest BCUT2D eigenvalue weighted by atomic mass is 16.2. The number of hydrogen-bond acceptors (Lipinski definition) is 4. The van der Waals surface area contributed by atoms with Crippen LogP contribution in [0.2, 0.25) is 0 Å². The summed E-state index contributed by atoms with van der Waals surface area (Å²) in [4.78, 5) is 25.1. The zero-order valence-electron chi connectivity index (χ0n) is 11.1. The van der Waals surface area contributed by atoms with Crippen molar-refractivity contribution >= 4 is 23.2 Å². The van der Waals surface area contributed by atoms with Crippen LogP contribution in [0.1, 0.15) is 24.2 Å². The maximum atomic E-state index is 11.9. The molecule has 6 heteroatoms. The highest BCUT2D eigenvalue weighted by Gasteiger charge is 2.38.